The first-order valence-corrected chi connectivity index (χ1v) is 5.97. The van der Waals surface area contributed by atoms with E-state index >= 15 is 0 Å². The molecule has 1 unspecified atom stereocenters. The van der Waals surface area contributed by atoms with Gasteiger partial charge in [0.05, 0.1) is 0 Å². The van der Waals surface area contributed by atoms with Gasteiger partial charge in [0.15, 0.2) is 0 Å². The summed E-state index contributed by atoms with van der Waals surface area (Å²) in [5, 5.41) is 0. The molecule has 1 atom stereocenters. The largest absolute Gasteiger partial charge is 0.0947 e. The Kier molecular flexibility index (Phi) is 2.22. The molecule has 0 heterocycles. The van der Waals surface area contributed by atoms with Gasteiger partial charge in [0, 0.05) is 5.41 Å². The van der Waals surface area contributed by atoms with E-state index in [1.807, 2.05) is 0 Å². The molecule has 0 amide bonds. The normalized spacial score (nSPS) is 34.3. The van der Waals surface area contributed by atoms with Crippen LogP contribution in [0.15, 0.2) is 35.5 Å². The summed E-state index contributed by atoms with van der Waals surface area (Å²) in [7, 11) is 0. The SMILES string of the molecule is C=C1C(C)=CC=C2C(C)(C)CCCC12C. The molecule has 15 heavy (non-hydrogen) atoms. The minimum Gasteiger partial charge on any atom is -0.0947 e. The number of fused-ring (bicyclic) bond motifs is 1. The molecule has 1 saturated carbocycles. The fraction of sp³-hybridized carbons (Fsp3) is 0.600. The predicted octanol–water partition coefficient (Wildman–Crippen LogP) is 4.65. The highest BCUT2D eigenvalue weighted by molar-refractivity contribution is 5.49. The molecule has 2 aliphatic rings. The number of hydrogen-bond donors (Lipinski definition) is 0. The fourth-order valence-electron chi connectivity index (χ4n) is 3.37. The van der Waals surface area contributed by atoms with E-state index in [9.17, 15) is 0 Å². The summed E-state index contributed by atoms with van der Waals surface area (Å²) in [4.78, 5) is 0. The van der Waals surface area contributed by atoms with Gasteiger partial charge in [-0.15, -0.1) is 0 Å². The van der Waals surface area contributed by atoms with Crippen molar-refractivity contribution in [2.45, 2.75) is 47.0 Å². The van der Waals surface area contributed by atoms with E-state index in [0.717, 1.165) is 0 Å². The molecule has 0 heteroatoms. The van der Waals surface area contributed by atoms with Gasteiger partial charge in [-0.3, -0.25) is 0 Å². The Balaban J connectivity index is 2.54. The standard InChI is InChI=1S/C15H22/c1-11-7-8-13-14(3,4)9-6-10-15(13,5)12(11)2/h7-8H,2,6,9-10H2,1,3-5H3. The number of allylic oxidation sites excluding steroid dienone is 5. The van der Waals surface area contributed by atoms with E-state index in [4.69, 9.17) is 0 Å². The van der Waals surface area contributed by atoms with Crippen LogP contribution in [0.4, 0.5) is 0 Å². The Morgan fingerprint density at radius 3 is 2.47 bits per heavy atom. The van der Waals surface area contributed by atoms with Crippen LogP contribution in [0.3, 0.4) is 0 Å². The van der Waals surface area contributed by atoms with Gasteiger partial charge in [0.1, 0.15) is 0 Å². The van der Waals surface area contributed by atoms with Crippen LogP contribution in [0.5, 0.6) is 0 Å². The fourth-order valence-corrected chi connectivity index (χ4v) is 3.37. The van der Waals surface area contributed by atoms with Crippen molar-refractivity contribution < 1.29 is 0 Å². The van der Waals surface area contributed by atoms with Gasteiger partial charge in [-0.05, 0) is 36.3 Å². The minimum atomic E-state index is 0.237. The zero-order valence-corrected chi connectivity index (χ0v) is 10.5. The molecule has 0 radical (unpaired) electrons. The van der Waals surface area contributed by atoms with Crippen molar-refractivity contribution in [3.05, 3.63) is 35.5 Å². The highest BCUT2D eigenvalue weighted by atomic mass is 14.5. The van der Waals surface area contributed by atoms with Gasteiger partial charge in [-0.25, -0.2) is 0 Å². The maximum atomic E-state index is 4.31. The summed E-state index contributed by atoms with van der Waals surface area (Å²) in [5.41, 5.74) is 4.89. The summed E-state index contributed by atoms with van der Waals surface area (Å²) in [5.74, 6) is 0. The van der Waals surface area contributed by atoms with Crippen molar-refractivity contribution >= 4 is 0 Å². The monoisotopic (exact) mass is 202 g/mol. The molecule has 0 saturated heterocycles. The van der Waals surface area contributed by atoms with Crippen molar-refractivity contribution in [1.29, 1.82) is 0 Å². The highest BCUT2D eigenvalue weighted by Gasteiger charge is 2.44. The van der Waals surface area contributed by atoms with Crippen LogP contribution in [0.2, 0.25) is 0 Å². The molecule has 0 aliphatic heterocycles. The molecule has 2 aliphatic carbocycles. The topological polar surface area (TPSA) is 0 Å². The lowest BCUT2D eigenvalue weighted by molar-refractivity contribution is 0.230. The summed E-state index contributed by atoms with van der Waals surface area (Å²) in [6, 6.07) is 0. The van der Waals surface area contributed by atoms with Crippen molar-refractivity contribution in [3.63, 3.8) is 0 Å². The van der Waals surface area contributed by atoms with Crippen LogP contribution in [-0.2, 0) is 0 Å². The van der Waals surface area contributed by atoms with Crippen LogP contribution in [-0.4, -0.2) is 0 Å². The van der Waals surface area contributed by atoms with Gasteiger partial charge < -0.3 is 0 Å². The summed E-state index contributed by atoms with van der Waals surface area (Å²) in [6.45, 7) is 13.6. The Bertz CT molecular complexity index is 365. The molecule has 0 aromatic rings. The van der Waals surface area contributed by atoms with Gasteiger partial charge in [0.2, 0.25) is 0 Å². The number of rotatable bonds is 0. The summed E-state index contributed by atoms with van der Waals surface area (Å²) < 4.78 is 0. The Labute approximate surface area is 93.8 Å². The molecule has 0 bridgehead atoms. The third-order valence-corrected chi connectivity index (χ3v) is 4.44. The first kappa shape index (κ1) is 10.7. The zero-order chi connectivity index (χ0) is 11.3. The molecule has 0 spiro atoms. The van der Waals surface area contributed by atoms with Crippen LogP contribution in [0.25, 0.3) is 0 Å². The predicted molar refractivity (Wildman–Crippen MR) is 66.7 cm³/mol. The Morgan fingerprint density at radius 2 is 1.80 bits per heavy atom. The highest BCUT2D eigenvalue weighted by Crippen LogP contribution is 2.56. The van der Waals surface area contributed by atoms with Crippen LogP contribution in [0.1, 0.15) is 47.0 Å². The number of hydrogen-bond acceptors (Lipinski definition) is 0. The lowest BCUT2D eigenvalue weighted by atomic mass is 9.55. The molecule has 0 aromatic heterocycles. The Hall–Kier alpha value is -0.780. The summed E-state index contributed by atoms with van der Waals surface area (Å²) >= 11 is 0. The lowest BCUT2D eigenvalue weighted by Gasteiger charge is -2.49. The van der Waals surface area contributed by atoms with E-state index in [-0.39, 0.29) is 5.41 Å². The van der Waals surface area contributed by atoms with Gasteiger partial charge in [0.25, 0.3) is 0 Å². The average Bonchev–Trinajstić information content (AvgIpc) is 2.12. The van der Waals surface area contributed by atoms with Gasteiger partial charge >= 0.3 is 0 Å². The molecular formula is C15H22. The van der Waals surface area contributed by atoms with E-state index in [2.05, 4.69) is 46.4 Å². The third-order valence-electron chi connectivity index (χ3n) is 4.44. The molecule has 0 nitrogen and oxygen atoms in total. The molecule has 0 N–H and O–H groups in total. The van der Waals surface area contributed by atoms with Crippen molar-refractivity contribution in [1.82, 2.24) is 0 Å². The Morgan fingerprint density at radius 1 is 1.13 bits per heavy atom. The third kappa shape index (κ3) is 1.42. The van der Waals surface area contributed by atoms with Crippen molar-refractivity contribution in [2.24, 2.45) is 10.8 Å². The maximum Gasteiger partial charge on any atom is 0.0138 e. The van der Waals surface area contributed by atoms with Crippen molar-refractivity contribution in [3.8, 4) is 0 Å². The van der Waals surface area contributed by atoms with Gasteiger partial charge in [-0.1, -0.05) is 51.5 Å². The minimum absolute atomic E-state index is 0.237. The maximum absolute atomic E-state index is 4.31. The lowest BCUT2D eigenvalue weighted by Crippen LogP contribution is -2.37. The van der Waals surface area contributed by atoms with Crippen molar-refractivity contribution in [2.75, 3.05) is 0 Å². The second-order valence-corrected chi connectivity index (χ2v) is 5.98. The second-order valence-electron chi connectivity index (χ2n) is 5.98. The molecular weight excluding hydrogens is 180 g/mol. The summed E-state index contributed by atoms with van der Waals surface area (Å²) in [6.07, 6.45) is 8.50. The quantitative estimate of drug-likeness (QED) is 0.536. The molecule has 0 aromatic carbocycles. The average molecular weight is 202 g/mol. The van der Waals surface area contributed by atoms with E-state index < -0.39 is 0 Å². The van der Waals surface area contributed by atoms with Crippen LogP contribution < -0.4 is 0 Å². The zero-order valence-electron chi connectivity index (χ0n) is 10.5. The first-order valence-electron chi connectivity index (χ1n) is 5.97. The van der Waals surface area contributed by atoms with Crippen LogP contribution in [0, 0.1) is 10.8 Å². The molecule has 1 fully saturated rings. The molecule has 2 rings (SSSR count). The van der Waals surface area contributed by atoms with E-state index in [0.29, 0.717) is 5.41 Å². The second kappa shape index (κ2) is 3.10. The van der Waals surface area contributed by atoms with E-state index in [1.165, 1.54) is 30.4 Å². The molecule has 82 valence electrons. The van der Waals surface area contributed by atoms with E-state index in [1.54, 1.807) is 5.57 Å². The smallest absolute Gasteiger partial charge is 0.0138 e. The first-order chi connectivity index (χ1) is 6.88. The van der Waals surface area contributed by atoms with Gasteiger partial charge in [-0.2, -0.15) is 0 Å². The van der Waals surface area contributed by atoms with Crippen LogP contribution >= 0.6 is 0 Å².